The molecular weight excluding hydrogens is 234 g/mol. The van der Waals surface area contributed by atoms with Crippen LogP contribution in [0, 0.1) is 12.8 Å². The minimum atomic E-state index is 0.798. The summed E-state index contributed by atoms with van der Waals surface area (Å²) in [5.74, 6) is 0.827. The molecular formula is C16H25N3. The maximum atomic E-state index is 5.95. The van der Waals surface area contributed by atoms with Crippen LogP contribution in [0.1, 0.15) is 24.8 Å². The lowest BCUT2D eigenvalue weighted by atomic mass is 9.84. The van der Waals surface area contributed by atoms with Crippen LogP contribution in [0.15, 0.2) is 18.2 Å². The van der Waals surface area contributed by atoms with Gasteiger partial charge in [-0.25, -0.2) is 0 Å². The van der Waals surface area contributed by atoms with Crippen LogP contribution in [0.25, 0.3) is 0 Å². The molecule has 3 heteroatoms. The van der Waals surface area contributed by atoms with E-state index in [4.69, 9.17) is 5.73 Å². The number of piperidine rings is 2. The largest absolute Gasteiger partial charge is 0.399 e. The normalized spacial score (nSPS) is 28.2. The number of anilines is 2. The molecule has 2 atom stereocenters. The van der Waals surface area contributed by atoms with E-state index in [1.807, 2.05) is 6.07 Å². The van der Waals surface area contributed by atoms with Gasteiger partial charge >= 0.3 is 0 Å². The Kier molecular flexibility index (Phi) is 3.40. The van der Waals surface area contributed by atoms with Crippen LogP contribution < -0.4 is 10.6 Å². The van der Waals surface area contributed by atoms with Gasteiger partial charge < -0.3 is 15.5 Å². The van der Waals surface area contributed by atoms with Crippen molar-refractivity contribution < 1.29 is 0 Å². The summed E-state index contributed by atoms with van der Waals surface area (Å²) in [5.41, 5.74) is 9.52. The highest BCUT2D eigenvalue weighted by atomic mass is 15.2. The van der Waals surface area contributed by atoms with Gasteiger partial charge in [-0.1, -0.05) is 6.07 Å². The first kappa shape index (κ1) is 12.8. The minimum Gasteiger partial charge on any atom is -0.399 e. The van der Waals surface area contributed by atoms with E-state index in [1.54, 1.807) is 0 Å². The van der Waals surface area contributed by atoms with E-state index >= 15 is 0 Å². The molecule has 2 aliphatic rings. The molecule has 0 bridgehead atoms. The molecule has 1 aromatic carbocycles. The van der Waals surface area contributed by atoms with E-state index in [0.717, 1.165) is 24.2 Å². The highest BCUT2D eigenvalue weighted by Crippen LogP contribution is 2.33. The maximum Gasteiger partial charge on any atom is 0.0416 e. The highest BCUT2D eigenvalue weighted by molar-refractivity contribution is 5.61. The average molecular weight is 259 g/mol. The summed E-state index contributed by atoms with van der Waals surface area (Å²) in [6, 6.07) is 7.08. The molecule has 2 aliphatic heterocycles. The molecule has 2 fully saturated rings. The smallest absolute Gasteiger partial charge is 0.0416 e. The lowest BCUT2D eigenvalue weighted by Crippen LogP contribution is -2.52. The van der Waals surface area contributed by atoms with E-state index < -0.39 is 0 Å². The van der Waals surface area contributed by atoms with Crippen LogP contribution in [0.5, 0.6) is 0 Å². The topological polar surface area (TPSA) is 32.5 Å². The maximum absolute atomic E-state index is 5.95. The molecule has 0 aromatic heterocycles. The Morgan fingerprint density at radius 2 is 2.05 bits per heavy atom. The van der Waals surface area contributed by atoms with Crippen molar-refractivity contribution in [2.24, 2.45) is 5.92 Å². The van der Waals surface area contributed by atoms with E-state index in [0.29, 0.717) is 0 Å². The van der Waals surface area contributed by atoms with Crippen molar-refractivity contribution in [2.45, 2.75) is 32.2 Å². The van der Waals surface area contributed by atoms with Crippen LogP contribution in [0.4, 0.5) is 11.4 Å². The third-order valence-electron chi connectivity index (χ3n) is 4.92. The quantitative estimate of drug-likeness (QED) is 0.787. The number of benzene rings is 1. The van der Waals surface area contributed by atoms with Gasteiger partial charge in [0.25, 0.3) is 0 Å². The standard InChI is InChI=1S/C16H25N3/c1-12-5-6-14(17)10-16(12)19-9-7-15-13(11-19)4-3-8-18(15)2/h5-6,10,13,15H,3-4,7-9,11,17H2,1-2H3. The Labute approximate surface area is 116 Å². The highest BCUT2D eigenvalue weighted by Gasteiger charge is 2.34. The number of hydrogen-bond donors (Lipinski definition) is 1. The Hall–Kier alpha value is -1.22. The molecule has 0 saturated carbocycles. The van der Waals surface area contributed by atoms with Crippen molar-refractivity contribution in [3.8, 4) is 0 Å². The first-order valence-electron chi connectivity index (χ1n) is 7.46. The zero-order valence-corrected chi connectivity index (χ0v) is 12.1. The van der Waals surface area contributed by atoms with Gasteiger partial charge in [-0.15, -0.1) is 0 Å². The number of nitrogens with two attached hydrogens (primary N) is 1. The molecule has 1 aromatic rings. The van der Waals surface area contributed by atoms with Crippen molar-refractivity contribution in [3.05, 3.63) is 23.8 Å². The first-order chi connectivity index (χ1) is 9.15. The molecule has 0 aliphatic carbocycles. The SMILES string of the molecule is Cc1ccc(N)cc1N1CCC2C(CCCN2C)C1. The number of fused-ring (bicyclic) bond motifs is 1. The van der Waals surface area contributed by atoms with E-state index in [9.17, 15) is 0 Å². The van der Waals surface area contributed by atoms with Crippen LogP contribution in [0.2, 0.25) is 0 Å². The summed E-state index contributed by atoms with van der Waals surface area (Å²) in [5, 5.41) is 0. The van der Waals surface area contributed by atoms with Crippen LogP contribution in [0.3, 0.4) is 0 Å². The lowest BCUT2D eigenvalue weighted by molar-refractivity contribution is 0.102. The van der Waals surface area contributed by atoms with E-state index in [1.165, 1.54) is 43.6 Å². The minimum absolute atomic E-state index is 0.798. The molecule has 0 spiro atoms. The Morgan fingerprint density at radius 3 is 2.89 bits per heavy atom. The van der Waals surface area contributed by atoms with Crippen molar-refractivity contribution in [1.29, 1.82) is 0 Å². The fourth-order valence-corrected chi connectivity index (χ4v) is 3.84. The summed E-state index contributed by atoms with van der Waals surface area (Å²) < 4.78 is 0. The van der Waals surface area contributed by atoms with E-state index in [2.05, 4.69) is 35.9 Å². The van der Waals surface area contributed by atoms with Crippen LogP contribution in [-0.2, 0) is 0 Å². The predicted molar refractivity (Wildman–Crippen MR) is 81.6 cm³/mol. The Balaban J connectivity index is 1.79. The number of rotatable bonds is 1. The Bertz CT molecular complexity index is 457. The van der Waals surface area contributed by atoms with Gasteiger partial charge in [0.2, 0.25) is 0 Å². The molecule has 2 heterocycles. The lowest BCUT2D eigenvalue weighted by Gasteiger charge is -2.47. The van der Waals surface area contributed by atoms with E-state index in [-0.39, 0.29) is 0 Å². The first-order valence-corrected chi connectivity index (χ1v) is 7.46. The number of nitrogen functional groups attached to an aromatic ring is 1. The van der Waals surface area contributed by atoms with Crippen LogP contribution >= 0.6 is 0 Å². The molecule has 2 saturated heterocycles. The Morgan fingerprint density at radius 1 is 1.21 bits per heavy atom. The van der Waals surface area contributed by atoms with Crippen molar-refractivity contribution in [2.75, 3.05) is 37.3 Å². The van der Waals surface area contributed by atoms with Gasteiger partial charge in [0.15, 0.2) is 0 Å². The van der Waals surface area contributed by atoms with Gasteiger partial charge in [0, 0.05) is 30.5 Å². The van der Waals surface area contributed by atoms with Gasteiger partial charge in [0.05, 0.1) is 0 Å². The van der Waals surface area contributed by atoms with Gasteiger partial charge in [-0.05, 0) is 63.4 Å². The second-order valence-corrected chi connectivity index (χ2v) is 6.23. The van der Waals surface area contributed by atoms with Crippen molar-refractivity contribution >= 4 is 11.4 Å². The third kappa shape index (κ3) is 2.44. The molecule has 3 nitrogen and oxygen atoms in total. The summed E-state index contributed by atoms with van der Waals surface area (Å²) in [4.78, 5) is 5.11. The summed E-state index contributed by atoms with van der Waals surface area (Å²) in [7, 11) is 2.29. The molecule has 3 rings (SSSR count). The average Bonchev–Trinajstić information content (AvgIpc) is 2.41. The molecule has 19 heavy (non-hydrogen) atoms. The third-order valence-corrected chi connectivity index (χ3v) is 4.92. The fraction of sp³-hybridized carbons (Fsp3) is 0.625. The van der Waals surface area contributed by atoms with Crippen molar-refractivity contribution in [3.63, 3.8) is 0 Å². The molecule has 2 N–H and O–H groups in total. The number of nitrogens with zero attached hydrogens (tertiary/aromatic N) is 2. The second kappa shape index (κ2) is 5.04. The second-order valence-electron chi connectivity index (χ2n) is 6.23. The summed E-state index contributed by atoms with van der Waals surface area (Å²) in [6.45, 7) is 5.82. The van der Waals surface area contributed by atoms with Crippen LogP contribution in [-0.4, -0.2) is 37.6 Å². The zero-order chi connectivity index (χ0) is 13.4. The van der Waals surface area contributed by atoms with Gasteiger partial charge in [-0.3, -0.25) is 0 Å². The number of hydrogen-bond acceptors (Lipinski definition) is 3. The molecule has 2 unspecified atom stereocenters. The van der Waals surface area contributed by atoms with Crippen molar-refractivity contribution in [1.82, 2.24) is 4.90 Å². The molecule has 0 amide bonds. The van der Waals surface area contributed by atoms with Gasteiger partial charge in [-0.2, -0.15) is 0 Å². The number of aryl methyl sites for hydroxylation is 1. The fourth-order valence-electron chi connectivity index (χ4n) is 3.84. The summed E-state index contributed by atoms with van der Waals surface area (Å²) >= 11 is 0. The predicted octanol–water partition coefficient (Wildman–Crippen LogP) is 2.50. The molecule has 104 valence electrons. The molecule has 0 radical (unpaired) electrons. The van der Waals surface area contributed by atoms with Gasteiger partial charge in [0.1, 0.15) is 0 Å². The number of likely N-dealkylation sites (tertiary alicyclic amines) is 1. The monoisotopic (exact) mass is 259 g/mol. The summed E-state index contributed by atoms with van der Waals surface area (Å²) in [6.07, 6.45) is 4.02. The zero-order valence-electron chi connectivity index (χ0n) is 12.1.